The molecule has 9 heteroatoms. The summed E-state index contributed by atoms with van der Waals surface area (Å²) in [4.78, 5) is 36.9. The molecule has 27 heavy (non-hydrogen) atoms. The molecule has 2 rings (SSSR count). The fourth-order valence-electron chi connectivity index (χ4n) is 2.36. The molecule has 0 aromatic heterocycles. The van der Waals surface area contributed by atoms with Gasteiger partial charge in [-0.2, -0.15) is 0 Å². The molecule has 146 valence electrons. The Morgan fingerprint density at radius 1 is 1.30 bits per heavy atom. The van der Waals surface area contributed by atoms with Crippen LogP contribution in [-0.4, -0.2) is 41.3 Å². The van der Waals surface area contributed by atoms with E-state index in [0.29, 0.717) is 33.7 Å². The van der Waals surface area contributed by atoms with Crippen molar-refractivity contribution in [1.82, 2.24) is 4.90 Å². The Morgan fingerprint density at radius 3 is 2.56 bits per heavy atom. The summed E-state index contributed by atoms with van der Waals surface area (Å²) < 4.78 is 11.2. The number of ether oxygens (including phenoxy) is 2. The van der Waals surface area contributed by atoms with Crippen molar-refractivity contribution < 1.29 is 29.0 Å². The van der Waals surface area contributed by atoms with E-state index in [1.54, 1.807) is 25.1 Å². The van der Waals surface area contributed by atoms with Gasteiger partial charge in [0.25, 0.3) is 11.1 Å². The number of halogens is 1. The fourth-order valence-corrected chi connectivity index (χ4v) is 3.72. The molecule has 1 aromatic carbocycles. The lowest BCUT2D eigenvalue weighted by atomic mass is 10.1. The van der Waals surface area contributed by atoms with E-state index in [-0.39, 0.29) is 22.9 Å². The third-order valence-corrected chi connectivity index (χ3v) is 5.42. The third kappa shape index (κ3) is 5.04. The molecule has 0 aliphatic carbocycles. The molecule has 1 aromatic rings. The minimum Gasteiger partial charge on any atom is -0.546 e. The maximum atomic E-state index is 12.6. The molecule has 2 amide bonds. The highest BCUT2D eigenvalue weighted by molar-refractivity contribution is 9.10. The van der Waals surface area contributed by atoms with Gasteiger partial charge in [-0.15, -0.1) is 0 Å². The van der Waals surface area contributed by atoms with E-state index in [1.807, 2.05) is 13.8 Å². The highest BCUT2D eigenvalue weighted by Crippen LogP contribution is 2.38. The van der Waals surface area contributed by atoms with Crippen molar-refractivity contribution in [1.29, 1.82) is 0 Å². The molecular formula is C18H19BrNO6S-. The topological polar surface area (TPSA) is 96.0 Å². The number of thioether (sulfide) groups is 1. The Labute approximate surface area is 169 Å². The molecule has 1 saturated heterocycles. The molecule has 0 saturated carbocycles. The summed E-state index contributed by atoms with van der Waals surface area (Å²) in [5, 5.41) is 10.3. The number of carbonyl (C=O) groups is 3. The number of carboxylic acids is 1. The summed E-state index contributed by atoms with van der Waals surface area (Å²) >= 11 is 4.26. The van der Waals surface area contributed by atoms with Crippen LogP contribution in [0.3, 0.4) is 0 Å². The number of benzene rings is 1. The van der Waals surface area contributed by atoms with E-state index in [2.05, 4.69) is 15.9 Å². The van der Waals surface area contributed by atoms with Crippen molar-refractivity contribution >= 4 is 50.9 Å². The average Bonchev–Trinajstić information content (AvgIpc) is 2.89. The lowest BCUT2D eigenvalue weighted by Gasteiger charge is -2.19. The predicted octanol–water partition coefficient (Wildman–Crippen LogP) is 2.81. The number of carbonyl (C=O) groups excluding carboxylic acids is 3. The standard InChI is InChI=1S/C18H20BrNO6S/c1-4-10(3)20-17(23)15(27-18(20)24)7-11-6-13(25-5-2)14(8-12(11)19)26-9-16(21)22/h6-8,10H,4-5,9H2,1-3H3,(H,21,22)/p-1/b15-7+/t10-/m0/s1. The summed E-state index contributed by atoms with van der Waals surface area (Å²) in [6, 6.07) is 3.00. The van der Waals surface area contributed by atoms with Gasteiger partial charge < -0.3 is 19.4 Å². The quantitative estimate of drug-likeness (QED) is 0.554. The van der Waals surface area contributed by atoms with Crippen LogP contribution >= 0.6 is 27.7 Å². The molecular weight excluding hydrogens is 438 g/mol. The first-order valence-corrected chi connectivity index (χ1v) is 9.95. The van der Waals surface area contributed by atoms with Gasteiger partial charge in [-0.25, -0.2) is 0 Å². The summed E-state index contributed by atoms with van der Waals surface area (Å²) in [6.07, 6.45) is 2.27. The van der Waals surface area contributed by atoms with Crippen molar-refractivity contribution in [3.05, 3.63) is 27.1 Å². The highest BCUT2D eigenvalue weighted by Gasteiger charge is 2.37. The lowest BCUT2D eigenvalue weighted by Crippen LogP contribution is -2.36. The molecule has 1 atom stereocenters. The molecule has 0 unspecified atom stereocenters. The van der Waals surface area contributed by atoms with Crippen molar-refractivity contribution in [3.8, 4) is 11.5 Å². The number of carboxylic acid groups (broad SMARTS) is 1. The fraction of sp³-hybridized carbons (Fsp3) is 0.389. The van der Waals surface area contributed by atoms with Crippen LogP contribution in [0.5, 0.6) is 11.5 Å². The van der Waals surface area contributed by atoms with Crippen LogP contribution < -0.4 is 14.6 Å². The Hall–Kier alpha value is -2.00. The lowest BCUT2D eigenvalue weighted by molar-refractivity contribution is -0.307. The Kier molecular flexibility index (Phi) is 7.32. The monoisotopic (exact) mass is 456 g/mol. The SMILES string of the molecule is CCOc1cc(/C=C2/SC(=O)N([C@@H](C)CC)C2=O)c(Br)cc1OCC(=O)[O-]. The van der Waals surface area contributed by atoms with E-state index in [4.69, 9.17) is 9.47 Å². The highest BCUT2D eigenvalue weighted by atomic mass is 79.9. The maximum absolute atomic E-state index is 12.6. The number of hydrogen-bond donors (Lipinski definition) is 0. The van der Waals surface area contributed by atoms with Gasteiger partial charge in [0.2, 0.25) is 0 Å². The van der Waals surface area contributed by atoms with E-state index < -0.39 is 12.6 Å². The normalized spacial score (nSPS) is 16.7. The molecule has 1 aliphatic heterocycles. The zero-order valence-electron chi connectivity index (χ0n) is 15.1. The van der Waals surface area contributed by atoms with Gasteiger partial charge >= 0.3 is 0 Å². The van der Waals surface area contributed by atoms with Crippen LogP contribution in [-0.2, 0) is 9.59 Å². The van der Waals surface area contributed by atoms with E-state index in [1.165, 1.54) is 4.90 Å². The zero-order valence-corrected chi connectivity index (χ0v) is 17.5. The van der Waals surface area contributed by atoms with Gasteiger partial charge in [0, 0.05) is 10.5 Å². The Bertz CT molecular complexity index is 794. The molecule has 0 bridgehead atoms. The molecule has 0 radical (unpaired) electrons. The summed E-state index contributed by atoms with van der Waals surface area (Å²) in [6.45, 7) is 5.24. The van der Waals surface area contributed by atoms with Gasteiger partial charge in [0.05, 0.1) is 17.5 Å². The van der Waals surface area contributed by atoms with Crippen molar-refractivity contribution in [2.24, 2.45) is 0 Å². The van der Waals surface area contributed by atoms with Gasteiger partial charge in [0.15, 0.2) is 11.5 Å². The number of amides is 2. The van der Waals surface area contributed by atoms with Crippen LogP contribution in [0.15, 0.2) is 21.5 Å². The average molecular weight is 457 g/mol. The number of rotatable bonds is 8. The van der Waals surface area contributed by atoms with Crippen LogP contribution in [0.1, 0.15) is 32.8 Å². The Balaban J connectivity index is 2.37. The molecule has 1 heterocycles. The molecule has 0 N–H and O–H groups in total. The zero-order chi connectivity index (χ0) is 20.1. The van der Waals surface area contributed by atoms with Gasteiger partial charge in [0.1, 0.15) is 6.61 Å². The van der Waals surface area contributed by atoms with E-state index in [9.17, 15) is 19.5 Å². The molecule has 7 nitrogen and oxygen atoms in total. The van der Waals surface area contributed by atoms with Gasteiger partial charge in [-0.3, -0.25) is 14.5 Å². The first-order chi connectivity index (χ1) is 12.8. The van der Waals surface area contributed by atoms with Crippen molar-refractivity contribution in [2.75, 3.05) is 13.2 Å². The second kappa shape index (κ2) is 9.27. The van der Waals surface area contributed by atoms with Crippen LogP contribution in [0.25, 0.3) is 6.08 Å². The largest absolute Gasteiger partial charge is 0.546 e. The second-order valence-electron chi connectivity index (χ2n) is 5.72. The summed E-state index contributed by atoms with van der Waals surface area (Å²) in [5.74, 6) is -1.12. The van der Waals surface area contributed by atoms with Crippen LogP contribution in [0.2, 0.25) is 0 Å². The summed E-state index contributed by atoms with van der Waals surface area (Å²) in [5.41, 5.74) is 0.605. The maximum Gasteiger partial charge on any atom is 0.293 e. The van der Waals surface area contributed by atoms with E-state index in [0.717, 1.165) is 11.8 Å². The predicted molar refractivity (Wildman–Crippen MR) is 103 cm³/mol. The minimum atomic E-state index is -1.35. The van der Waals surface area contributed by atoms with Crippen LogP contribution in [0.4, 0.5) is 4.79 Å². The number of nitrogens with zero attached hydrogens (tertiary/aromatic N) is 1. The van der Waals surface area contributed by atoms with Gasteiger partial charge in [-0.1, -0.05) is 22.9 Å². The minimum absolute atomic E-state index is 0.175. The Morgan fingerprint density at radius 2 is 1.96 bits per heavy atom. The van der Waals surface area contributed by atoms with Crippen LogP contribution in [0, 0.1) is 0 Å². The third-order valence-electron chi connectivity index (χ3n) is 3.85. The smallest absolute Gasteiger partial charge is 0.293 e. The van der Waals surface area contributed by atoms with Crippen molar-refractivity contribution in [2.45, 2.75) is 33.2 Å². The van der Waals surface area contributed by atoms with Gasteiger partial charge in [-0.05, 0) is 55.8 Å². The number of hydrogen-bond acceptors (Lipinski definition) is 7. The summed E-state index contributed by atoms with van der Waals surface area (Å²) in [7, 11) is 0. The molecule has 1 aliphatic rings. The van der Waals surface area contributed by atoms with E-state index >= 15 is 0 Å². The van der Waals surface area contributed by atoms with Crippen molar-refractivity contribution in [3.63, 3.8) is 0 Å². The number of aliphatic carboxylic acids is 1. The first-order valence-electron chi connectivity index (χ1n) is 8.34. The first kappa shape index (κ1) is 21.3. The second-order valence-corrected chi connectivity index (χ2v) is 7.57. The molecule has 1 fully saturated rings. The molecule has 0 spiro atoms. The number of imide groups is 1.